The Hall–Kier alpha value is -1.22. The average Bonchev–Trinajstić information content (AvgIpc) is 2.15. The molecular formula is C9H7O2S. The fourth-order valence-electron chi connectivity index (χ4n) is 0.858. The summed E-state index contributed by atoms with van der Waals surface area (Å²) in [6.45, 7) is 0.372. The summed E-state index contributed by atoms with van der Waals surface area (Å²) in [5.41, 5.74) is 0.833. The summed E-state index contributed by atoms with van der Waals surface area (Å²) in [5.74, 6) is 0. The molecule has 0 bridgehead atoms. The van der Waals surface area contributed by atoms with E-state index in [1.807, 2.05) is 30.3 Å². The largest absolute Gasteiger partial charge is 0.454 e. The van der Waals surface area contributed by atoms with Crippen LogP contribution in [0.1, 0.15) is 11.7 Å². The van der Waals surface area contributed by atoms with Crippen molar-refractivity contribution in [2.75, 3.05) is 0 Å². The molecule has 1 atom stereocenters. The minimum absolute atomic E-state index is 0.372. The molecule has 0 N–H and O–H groups in total. The number of hydrogen-bond donors (Lipinski definition) is 0. The first-order valence-electron chi connectivity index (χ1n) is 3.40. The molecule has 0 aromatic heterocycles. The Morgan fingerprint density at radius 1 is 1.42 bits per heavy atom. The van der Waals surface area contributed by atoms with Gasteiger partial charge in [-0.15, -0.1) is 0 Å². The molecular weight excluding hydrogens is 172 g/mol. The monoisotopic (exact) mass is 179 g/mol. The predicted molar refractivity (Wildman–Crippen MR) is 48.9 cm³/mol. The Balaban J connectivity index is 2.79. The molecule has 1 radical (unpaired) electrons. The van der Waals surface area contributed by atoms with E-state index in [0.717, 1.165) is 5.56 Å². The number of rotatable bonds is 4. The van der Waals surface area contributed by atoms with E-state index in [1.54, 1.807) is 0 Å². The van der Waals surface area contributed by atoms with Crippen molar-refractivity contribution in [1.82, 2.24) is 0 Å². The second-order valence-electron chi connectivity index (χ2n) is 2.14. The molecule has 0 spiro atoms. The van der Waals surface area contributed by atoms with Gasteiger partial charge in [0.15, 0.2) is 6.10 Å². The van der Waals surface area contributed by atoms with Crippen LogP contribution in [0.5, 0.6) is 0 Å². The second-order valence-corrected chi connectivity index (χ2v) is 2.38. The summed E-state index contributed by atoms with van der Waals surface area (Å²) in [6, 6.07) is 9.23. The van der Waals surface area contributed by atoms with E-state index in [2.05, 4.69) is 22.3 Å². The molecule has 2 nitrogen and oxygen atoms in total. The fraction of sp³-hybridized carbons (Fsp3) is 0.111. The van der Waals surface area contributed by atoms with Crippen molar-refractivity contribution in [3.05, 3.63) is 35.9 Å². The highest BCUT2D eigenvalue weighted by Crippen LogP contribution is 2.13. The Morgan fingerprint density at radius 3 is 2.58 bits per heavy atom. The first kappa shape index (κ1) is 8.87. The topological polar surface area (TPSA) is 26.3 Å². The van der Waals surface area contributed by atoms with Crippen molar-refractivity contribution >= 4 is 24.1 Å². The van der Waals surface area contributed by atoms with E-state index in [0.29, 0.717) is 6.47 Å². The van der Waals surface area contributed by atoms with Crippen molar-refractivity contribution in [2.24, 2.45) is 0 Å². The van der Waals surface area contributed by atoms with Gasteiger partial charge in [0, 0.05) is 0 Å². The number of carbonyl (C=O) groups is 1. The fourth-order valence-corrected chi connectivity index (χ4v) is 1.05. The van der Waals surface area contributed by atoms with Crippen molar-refractivity contribution in [1.29, 1.82) is 0 Å². The second kappa shape index (κ2) is 4.62. The highest BCUT2D eigenvalue weighted by atomic mass is 32.1. The third kappa shape index (κ3) is 2.13. The van der Waals surface area contributed by atoms with Crippen LogP contribution in [0.25, 0.3) is 0 Å². The van der Waals surface area contributed by atoms with Gasteiger partial charge in [-0.25, -0.2) is 0 Å². The zero-order valence-electron chi connectivity index (χ0n) is 6.27. The molecule has 0 fully saturated rings. The van der Waals surface area contributed by atoms with E-state index in [1.165, 1.54) is 0 Å². The van der Waals surface area contributed by atoms with E-state index in [9.17, 15) is 4.79 Å². The summed E-state index contributed by atoms with van der Waals surface area (Å²) in [4.78, 5) is 10.0. The van der Waals surface area contributed by atoms with E-state index in [-0.39, 0.29) is 0 Å². The molecule has 0 saturated heterocycles. The highest BCUT2D eigenvalue weighted by molar-refractivity contribution is 7.79. The number of carbonyl (C=O) groups excluding carboxylic acids is 1. The Bertz CT molecular complexity index is 258. The maximum absolute atomic E-state index is 10.0. The van der Waals surface area contributed by atoms with Crippen molar-refractivity contribution in [3.63, 3.8) is 0 Å². The Kier molecular flexibility index (Phi) is 3.41. The van der Waals surface area contributed by atoms with Gasteiger partial charge in [0.25, 0.3) is 6.47 Å². The number of benzene rings is 1. The van der Waals surface area contributed by atoms with Crippen LogP contribution < -0.4 is 0 Å². The minimum atomic E-state index is -0.529. The number of thiocarbonyl (C=S) groups is 1. The van der Waals surface area contributed by atoms with Crippen molar-refractivity contribution in [2.45, 2.75) is 6.10 Å². The molecule has 3 heteroatoms. The molecule has 0 aliphatic heterocycles. The van der Waals surface area contributed by atoms with Gasteiger partial charge in [-0.3, -0.25) is 4.79 Å². The smallest absolute Gasteiger partial charge is 0.294 e. The predicted octanol–water partition coefficient (Wildman–Crippen LogP) is 1.78. The SMILES string of the molecule is O=COC([C]=S)c1ccccc1. The van der Waals surface area contributed by atoms with Crippen LogP contribution in [0.4, 0.5) is 0 Å². The zero-order valence-corrected chi connectivity index (χ0v) is 7.08. The van der Waals surface area contributed by atoms with Crippen LogP contribution in [0.3, 0.4) is 0 Å². The average molecular weight is 179 g/mol. The number of hydrogen-bond acceptors (Lipinski definition) is 3. The Morgan fingerprint density at radius 2 is 2.08 bits per heavy atom. The first-order valence-corrected chi connectivity index (χ1v) is 3.81. The van der Waals surface area contributed by atoms with Gasteiger partial charge in [0.05, 0.1) is 5.37 Å². The summed E-state index contributed by atoms with van der Waals surface area (Å²) < 4.78 is 4.68. The summed E-state index contributed by atoms with van der Waals surface area (Å²) in [5, 5.41) is 2.45. The van der Waals surface area contributed by atoms with E-state index in [4.69, 9.17) is 0 Å². The van der Waals surface area contributed by atoms with Crippen LogP contribution in [0.15, 0.2) is 30.3 Å². The van der Waals surface area contributed by atoms with Gasteiger partial charge in [-0.1, -0.05) is 42.5 Å². The van der Waals surface area contributed by atoms with Gasteiger partial charge in [-0.2, -0.15) is 0 Å². The summed E-state index contributed by atoms with van der Waals surface area (Å²) in [7, 11) is 0. The molecule has 1 unspecified atom stereocenters. The van der Waals surface area contributed by atoms with Crippen molar-refractivity contribution < 1.29 is 9.53 Å². The standard InChI is InChI=1S/C9H7O2S/c10-7-11-9(6-12)8-4-2-1-3-5-8/h1-5,7,9H. The maximum atomic E-state index is 10.0. The lowest BCUT2D eigenvalue weighted by Gasteiger charge is -2.07. The van der Waals surface area contributed by atoms with Crippen LogP contribution in [0.2, 0.25) is 0 Å². The molecule has 0 aliphatic rings. The van der Waals surface area contributed by atoms with Gasteiger partial charge in [0.1, 0.15) is 0 Å². The van der Waals surface area contributed by atoms with Crippen LogP contribution in [-0.2, 0) is 9.53 Å². The van der Waals surface area contributed by atoms with Crippen LogP contribution in [0, 0.1) is 0 Å². The van der Waals surface area contributed by atoms with Gasteiger partial charge >= 0.3 is 0 Å². The summed E-state index contributed by atoms with van der Waals surface area (Å²) in [6.07, 6.45) is -0.529. The van der Waals surface area contributed by atoms with E-state index >= 15 is 0 Å². The lowest BCUT2D eigenvalue weighted by molar-refractivity contribution is -0.130. The third-order valence-corrected chi connectivity index (χ3v) is 1.62. The Labute approximate surface area is 76.2 Å². The molecule has 1 aromatic carbocycles. The first-order chi connectivity index (χ1) is 5.88. The molecule has 1 aromatic rings. The lowest BCUT2D eigenvalue weighted by atomic mass is 10.1. The highest BCUT2D eigenvalue weighted by Gasteiger charge is 2.07. The van der Waals surface area contributed by atoms with Crippen LogP contribution in [-0.4, -0.2) is 11.8 Å². The minimum Gasteiger partial charge on any atom is -0.454 e. The number of ether oxygens (including phenoxy) is 1. The molecule has 0 amide bonds. The molecule has 0 heterocycles. The third-order valence-electron chi connectivity index (χ3n) is 1.40. The molecule has 1 rings (SSSR count). The summed E-state index contributed by atoms with van der Waals surface area (Å²) >= 11 is 4.59. The lowest BCUT2D eigenvalue weighted by Crippen LogP contribution is -2.02. The van der Waals surface area contributed by atoms with Gasteiger partial charge in [0.2, 0.25) is 0 Å². The van der Waals surface area contributed by atoms with Crippen molar-refractivity contribution in [3.8, 4) is 0 Å². The van der Waals surface area contributed by atoms with Gasteiger partial charge < -0.3 is 4.74 Å². The molecule has 61 valence electrons. The molecule has 0 aliphatic carbocycles. The quantitative estimate of drug-likeness (QED) is 0.520. The molecule has 12 heavy (non-hydrogen) atoms. The zero-order chi connectivity index (χ0) is 8.81. The van der Waals surface area contributed by atoms with Gasteiger partial charge in [-0.05, 0) is 5.56 Å². The maximum Gasteiger partial charge on any atom is 0.294 e. The van der Waals surface area contributed by atoms with E-state index < -0.39 is 6.10 Å². The van der Waals surface area contributed by atoms with Crippen LogP contribution >= 0.6 is 12.2 Å². The normalized spacial score (nSPS) is 11.7. The molecule has 0 saturated carbocycles.